The van der Waals surface area contributed by atoms with Crippen molar-refractivity contribution < 1.29 is 21.3 Å². The van der Waals surface area contributed by atoms with Crippen LogP contribution in [-0.4, -0.2) is 3.21 Å². The van der Waals surface area contributed by atoms with E-state index in [1.807, 2.05) is 3.21 Å². The van der Waals surface area contributed by atoms with Crippen molar-refractivity contribution >= 4 is 28.0 Å². The van der Waals surface area contributed by atoms with Crippen LogP contribution in [0.3, 0.4) is 0 Å². The van der Waals surface area contributed by atoms with E-state index < -0.39 is 21.3 Å². The Morgan fingerprint density at radius 1 is 0.589 bits per heavy atom. The van der Waals surface area contributed by atoms with Gasteiger partial charge in [-0.05, 0) is 0 Å². The summed E-state index contributed by atoms with van der Waals surface area (Å²) in [5, 5.41) is 5.34. The zero-order chi connectivity index (χ0) is 39.5. The molecule has 0 bridgehead atoms. The molecule has 0 aromatic heterocycles. The molecule has 0 spiro atoms. The quantitative estimate of drug-likeness (QED) is 0.143. The molecule has 8 rings (SSSR count). The minimum absolute atomic E-state index is 0.0284. The molecule has 0 nitrogen and oxygen atoms in total. The van der Waals surface area contributed by atoms with E-state index in [2.05, 4.69) is 191 Å². The van der Waals surface area contributed by atoms with Gasteiger partial charge in [-0.2, -0.15) is 0 Å². The Balaban J connectivity index is 1.53. The Bertz CT molecular complexity index is 2570. The molecule has 0 N–H and O–H groups in total. The molecule has 0 saturated carbocycles. The van der Waals surface area contributed by atoms with E-state index in [-0.39, 0.29) is 10.8 Å². The molecular formula is C55H60Zr. The number of fused-ring (bicyclic) bond motifs is 5. The van der Waals surface area contributed by atoms with Crippen molar-refractivity contribution in [2.24, 2.45) is 11.8 Å². The first-order valence-corrected chi connectivity index (χ1v) is 24.8. The third kappa shape index (κ3) is 7.24. The van der Waals surface area contributed by atoms with Crippen molar-refractivity contribution in [1.82, 2.24) is 0 Å². The van der Waals surface area contributed by atoms with Crippen molar-refractivity contribution in [2.75, 3.05) is 0 Å². The summed E-state index contributed by atoms with van der Waals surface area (Å²) in [6, 6.07) is 39.9. The Kier molecular flexibility index (Phi) is 10.5. The summed E-state index contributed by atoms with van der Waals surface area (Å²) >= 11 is -2.75. The Morgan fingerprint density at radius 3 is 1.71 bits per heavy atom. The van der Waals surface area contributed by atoms with E-state index in [0.717, 1.165) is 12.8 Å². The second-order valence-electron chi connectivity index (χ2n) is 19.5. The molecule has 0 saturated heterocycles. The summed E-state index contributed by atoms with van der Waals surface area (Å²) in [5.74, 6) is 1.26. The fourth-order valence-corrected chi connectivity index (χ4v) is 19.5. The van der Waals surface area contributed by atoms with E-state index in [1.165, 1.54) is 78.9 Å². The van der Waals surface area contributed by atoms with Crippen LogP contribution in [0.5, 0.6) is 0 Å². The third-order valence-electron chi connectivity index (χ3n) is 12.1. The maximum atomic E-state index is 2.67. The zero-order valence-corrected chi connectivity index (χ0v) is 38.0. The molecule has 0 aliphatic heterocycles. The minimum atomic E-state index is -2.75. The molecule has 2 aliphatic carbocycles. The SMILES string of the molecule is CC(C)C[C](CC(C)C)=[Zr]([C]1=CC=CC1)[c]1c2c(cc(C(C)(C)C)c1-c1cccc3ccccc13)-c1cc(C(C)(C)C)c(-c3cccc4ccccc34)cc1C2. The summed E-state index contributed by atoms with van der Waals surface area (Å²) in [4.78, 5) is 0. The van der Waals surface area contributed by atoms with Gasteiger partial charge in [0, 0.05) is 0 Å². The average Bonchev–Trinajstić information content (AvgIpc) is 3.81. The zero-order valence-electron chi connectivity index (χ0n) is 35.5. The summed E-state index contributed by atoms with van der Waals surface area (Å²) in [5.41, 5.74) is 14.6. The molecule has 0 unspecified atom stereocenters. The standard InChI is InChI=1S/C41H37.C9H18.C5H5.Zr/c1-40(2,3)38-24-34-28(22-36(38)32-19-11-15-26-13-7-9-17-30(26)32)21-29-23-37(39(25-35(29)34)41(4,5)6)33-20-12-16-27-14-8-10-18-31(27)33;1-8(2)6-5-7-9(3)4;1-2-4-5-3-1;/h7-20,22,24-25H,21H2,1-6H3;8-9H,6-7H2,1-4H3;1-3H,4H2;. The number of rotatable bonds is 8. The van der Waals surface area contributed by atoms with Gasteiger partial charge in [0.25, 0.3) is 0 Å². The number of benzene rings is 6. The Hall–Kier alpha value is -3.93. The van der Waals surface area contributed by atoms with E-state index in [9.17, 15) is 0 Å². The molecule has 2 aliphatic rings. The van der Waals surface area contributed by atoms with Gasteiger partial charge in [0.2, 0.25) is 0 Å². The van der Waals surface area contributed by atoms with Crippen LogP contribution in [0.4, 0.5) is 0 Å². The van der Waals surface area contributed by atoms with Crippen LogP contribution in [0.1, 0.15) is 111 Å². The van der Waals surface area contributed by atoms with E-state index in [0.29, 0.717) is 11.8 Å². The van der Waals surface area contributed by atoms with Gasteiger partial charge in [0.15, 0.2) is 0 Å². The van der Waals surface area contributed by atoms with E-state index >= 15 is 0 Å². The van der Waals surface area contributed by atoms with Crippen LogP contribution >= 0.6 is 0 Å². The van der Waals surface area contributed by atoms with Gasteiger partial charge in [-0.3, -0.25) is 0 Å². The van der Waals surface area contributed by atoms with Gasteiger partial charge < -0.3 is 0 Å². The van der Waals surface area contributed by atoms with E-state index in [1.54, 1.807) is 17.7 Å². The van der Waals surface area contributed by atoms with Crippen molar-refractivity contribution in [3.63, 3.8) is 0 Å². The molecule has 0 fully saturated rings. The topological polar surface area (TPSA) is 0 Å². The first-order valence-electron chi connectivity index (χ1n) is 21.1. The van der Waals surface area contributed by atoms with Crippen LogP contribution in [0.2, 0.25) is 0 Å². The summed E-state index contributed by atoms with van der Waals surface area (Å²) in [7, 11) is 0. The molecule has 6 aromatic carbocycles. The van der Waals surface area contributed by atoms with Crippen LogP contribution in [0.15, 0.2) is 125 Å². The van der Waals surface area contributed by atoms with Gasteiger partial charge in [0.1, 0.15) is 0 Å². The van der Waals surface area contributed by atoms with Gasteiger partial charge in [-0.25, -0.2) is 0 Å². The molecule has 0 heterocycles. The third-order valence-corrected chi connectivity index (χ3v) is 19.9. The molecule has 6 aromatic rings. The second kappa shape index (κ2) is 15.1. The first-order chi connectivity index (χ1) is 26.7. The normalized spacial score (nSPS) is 13.9. The second-order valence-corrected chi connectivity index (χ2v) is 25.9. The summed E-state index contributed by atoms with van der Waals surface area (Å²) in [6.45, 7) is 24.4. The Labute approximate surface area is 344 Å². The van der Waals surface area contributed by atoms with Crippen LogP contribution in [0, 0.1) is 11.8 Å². The average molecular weight is 812 g/mol. The number of hydrogen-bond acceptors (Lipinski definition) is 0. The van der Waals surface area contributed by atoms with Crippen molar-refractivity contribution in [3.05, 3.63) is 147 Å². The first kappa shape index (κ1) is 38.9. The van der Waals surface area contributed by atoms with Gasteiger partial charge >= 0.3 is 347 Å². The predicted molar refractivity (Wildman–Crippen MR) is 243 cm³/mol. The van der Waals surface area contributed by atoms with Crippen molar-refractivity contribution in [2.45, 2.75) is 106 Å². The van der Waals surface area contributed by atoms with Gasteiger partial charge in [-0.1, -0.05) is 0 Å². The number of hydrogen-bond donors (Lipinski definition) is 0. The van der Waals surface area contributed by atoms with Crippen LogP contribution < -0.4 is 3.27 Å². The molecule has 0 amide bonds. The molecule has 1 heteroatoms. The molecule has 0 atom stereocenters. The van der Waals surface area contributed by atoms with Crippen LogP contribution in [0.25, 0.3) is 54.9 Å². The Morgan fingerprint density at radius 2 is 1.14 bits per heavy atom. The van der Waals surface area contributed by atoms with E-state index in [4.69, 9.17) is 0 Å². The predicted octanol–water partition coefficient (Wildman–Crippen LogP) is 14.8. The maximum absolute atomic E-state index is 2.75. The molecule has 0 radical (unpaired) electrons. The fraction of sp³-hybridized carbons (Fsp3) is 0.327. The van der Waals surface area contributed by atoms with Crippen LogP contribution in [-0.2, 0) is 38.5 Å². The molecule has 56 heavy (non-hydrogen) atoms. The fourth-order valence-electron chi connectivity index (χ4n) is 9.74. The monoisotopic (exact) mass is 810 g/mol. The molecular weight excluding hydrogens is 752 g/mol. The van der Waals surface area contributed by atoms with Gasteiger partial charge in [0.05, 0.1) is 0 Å². The van der Waals surface area contributed by atoms with Crippen molar-refractivity contribution in [1.29, 1.82) is 0 Å². The summed E-state index contributed by atoms with van der Waals surface area (Å²) < 4.78 is 5.41. The van der Waals surface area contributed by atoms with Gasteiger partial charge in [-0.15, -0.1) is 0 Å². The molecule has 284 valence electrons. The summed E-state index contributed by atoms with van der Waals surface area (Å²) in [6.07, 6.45) is 11.9. The van der Waals surface area contributed by atoms with Crippen molar-refractivity contribution in [3.8, 4) is 33.4 Å². The number of allylic oxidation sites excluding steroid dienone is 4.